The number of allylic oxidation sites excluding steroid dienone is 6. The summed E-state index contributed by atoms with van der Waals surface area (Å²) in [6.45, 7) is 27.5. The Morgan fingerprint density at radius 3 is 1.03 bits per heavy atom. The zero-order valence-corrected chi connectivity index (χ0v) is 56.4. The number of pyridine rings is 1. The third-order valence-corrected chi connectivity index (χ3v) is 17.9. The number of nitrogens with zero attached hydrogens (tertiary/aromatic N) is 1. The maximum absolute atomic E-state index is 6.35. The third kappa shape index (κ3) is 22.7. The van der Waals surface area contributed by atoms with Crippen LogP contribution in [-0.4, -0.2) is 31.4 Å². The summed E-state index contributed by atoms with van der Waals surface area (Å²) in [5.41, 5.74) is 15.5. The van der Waals surface area contributed by atoms with Gasteiger partial charge in [-0.05, 0) is 231 Å². The van der Waals surface area contributed by atoms with E-state index in [-0.39, 0.29) is 0 Å². The molecule has 0 aliphatic rings. The molecule has 5 nitrogen and oxygen atoms in total. The zero-order valence-electron chi connectivity index (χ0n) is 56.4. The minimum Gasteiger partial charge on any atom is -0.493 e. The predicted molar refractivity (Wildman–Crippen MR) is 389 cm³/mol. The highest BCUT2D eigenvalue weighted by atomic mass is 16.5. The van der Waals surface area contributed by atoms with Crippen LogP contribution < -0.4 is 18.9 Å². The molecule has 0 saturated carbocycles. The van der Waals surface area contributed by atoms with Crippen LogP contribution in [0.5, 0.6) is 23.0 Å². The van der Waals surface area contributed by atoms with Gasteiger partial charge in [0, 0.05) is 6.20 Å². The van der Waals surface area contributed by atoms with Gasteiger partial charge in [-0.15, -0.1) is 0 Å². The first-order valence-electron chi connectivity index (χ1n) is 34.7. The molecule has 5 heteroatoms. The lowest BCUT2D eigenvalue weighted by Gasteiger charge is -2.16. The quantitative estimate of drug-likeness (QED) is 0.0358. The Morgan fingerprint density at radius 2 is 0.722 bits per heavy atom. The highest BCUT2D eigenvalue weighted by Crippen LogP contribution is 2.35. The van der Waals surface area contributed by atoms with Crippen LogP contribution in [0.1, 0.15) is 194 Å². The Bertz CT molecular complexity index is 3160. The van der Waals surface area contributed by atoms with E-state index in [1.165, 1.54) is 77.0 Å². The van der Waals surface area contributed by atoms with Crippen molar-refractivity contribution >= 4 is 23.8 Å². The van der Waals surface area contributed by atoms with Gasteiger partial charge in [0.1, 0.15) is 23.0 Å². The number of ether oxygens (including phenoxy) is 4. The topological polar surface area (TPSA) is 49.8 Å². The highest BCUT2D eigenvalue weighted by Gasteiger charge is 2.14. The second-order valence-corrected chi connectivity index (χ2v) is 24.8. The van der Waals surface area contributed by atoms with Crippen LogP contribution in [0.2, 0.25) is 0 Å². The van der Waals surface area contributed by atoms with Crippen molar-refractivity contribution in [1.29, 1.82) is 0 Å². The molecular weight excluding hydrogens is 1100 g/mol. The summed E-state index contributed by atoms with van der Waals surface area (Å²) >= 11 is 0. The molecule has 0 aliphatic heterocycles. The maximum atomic E-state index is 6.35. The summed E-state index contributed by atoms with van der Waals surface area (Å²) in [5, 5.41) is 0. The first-order valence-corrected chi connectivity index (χ1v) is 34.7. The molecule has 4 unspecified atom stereocenters. The van der Waals surface area contributed by atoms with Crippen molar-refractivity contribution in [3.05, 3.63) is 211 Å². The van der Waals surface area contributed by atoms with E-state index in [4.69, 9.17) is 23.9 Å². The first-order chi connectivity index (χ1) is 44.1. The number of rotatable bonds is 40. The average Bonchev–Trinajstić information content (AvgIpc) is 1.13. The van der Waals surface area contributed by atoms with Gasteiger partial charge in [-0.2, -0.15) is 0 Å². The molecule has 0 fully saturated rings. The molecule has 0 aliphatic carbocycles. The Morgan fingerprint density at radius 1 is 0.389 bits per heavy atom. The van der Waals surface area contributed by atoms with Crippen molar-refractivity contribution in [1.82, 2.24) is 4.98 Å². The minimum atomic E-state index is 0.572. The van der Waals surface area contributed by atoms with Gasteiger partial charge in [0.25, 0.3) is 0 Å². The molecule has 0 amide bonds. The smallest absolute Gasteiger partial charge is 0.119 e. The third-order valence-electron chi connectivity index (χ3n) is 17.9. The van der Waals surface area contributed by atoms with E-state index in [0.717, 1.165) is 160 Å². The average molecular weight is 1210 g/mol. The van der Waals surface area contributed by atoms with E-state index >= 15 is 0 Å². The molecule has 7 aromatic rings. The fourth-order valence-corrected chi connectivity index (χ4v) is 11.5. The van der Waals surface area contributed by atoms with Gasteiger partial charge in [0.15, 0.2) is 0 Å². The lowest BCUT2D eigenvalue weighted by molar-refractivity contribution is 0.233. The normalized spacial score (nSPS) is 13.3. The Hall–Kier alpha value is -7.63. The van der Waals surface area contributed by atoms with E-state index in [2.05, 4.69) is 251 Å². The van der Waals surface area contributed by atoms with Crippen molar-refractivity contribution in [2.45, 2.75) is 171 Å². The standard InChI is InChI=1S/C85H107NO4/c1-11-21-26-64(16-6)60-87-81-42-34-73(35-43-81)77-53-70(54-78(58-77)74-36-44-82(45-37-74)88-61-65(17-7)27-22-12-2)32-30-68(25-15-5)52-72(20-10)85-57-69(50-51-86-85)31-33-71-55-79(75-38-46-83(47-39-75)89-62-66(18-8)28-23-13-3)59-80(56-71)76-40-48-84(49-41-76)90-63-67(19-9)29-24-14-4/h15,25,30-59,64-67H,5,11-14,16-24,26-29,60-63H2,1-4,6-10H3/b32-30+,33-31+,68-25-,72-52+. The zero-order chi connectivity index (χ0) is 63.7. The first kappa shape index (κ1) is 69.8. The lowest BCUT2D eigenvalue weighted by atomic mass is 9.95. The number of benzene rings is 6. The summed E-state index contributed by atoms with van der Waals surface area (Å²) in [5.74, 6) is 5.96. The largest absolute Gasteiger partial charge is 0.493 e. The fraction of sp³-hybridized carbons (Fsp3) is 0.400. The maximum Gasteiger partial charge on any atom is 0.119 e. The van der Waals surface area contributed by atoms with Gasteiger partial charge >= 0.3 is 0 Å². The summed E-state index contributed by atoms with van der Waals surface area (Å²) in [6, 6.07) is 52.6. The summed E-state index contributed by atoms with van der Waals surface area (Å²) in [4.78, 5) is 4.96. The van der Waals surface area contributed by atoms with Gasteiger partial charge in [-0.1, -0.05) is 231 Å². The van der Waals surface area contributed by atoms with Crippen LogP contribution in [0.15, 0.2) is 188 Å². The van der Waals surface area contributed by atoms with E-state index in [0.29, 0.717) is 23.7 Å². The SMILES string of the molecule is C=C/C=C(/C=C/c1cc(-c2ccc(OCC(CC)CCCC)cc2)cc(-c2ccc(OCC(CC)CCCC)cc2)c1)\C=C(/CC)c1cc(/C=C/c2cc(-c3ccc(OCC(CC)CCCC)cc3)cc(-c3ccc(OCC(CC)CCCC)cc3)c2)ccn1. The highest BCUT2D eigenvalue weighted by molar-refractivity contribution is 5.82. The molecule has 1 aromatic heterocycles. The second kappa shape index (κ2) is 38.8. The minimum absolute atomic E-state index is 0.572. The van der Waals surface area contributed by atoms with Gasteiger partial charge in [0.2, 0.25) is 0 Å². The van der Waals surface area contributed by atoms with Gasteiger partial charge in [0.05, 0.1) is 32.1 Å². The molecule has 6 aromatic carbocycles. The lowest BCUT2D eigenvalue weighted by Crippen LogP contribution is -2.11. The van der Waals surface area contributed by atoms with Crippen LogP contribution >= 0.6 is 0 Å². The molecule has 90 heavy (non-hydrogen) atoms. The Kier molecular flexibility index (Phi) is 30.1. The molecule has 0 radical (unpaired) electrons. The molecule has 4 atom stereocenters. The summed E-state index contributed by atoms with van der Waals surface area (Å²) in [7, 11) is 0. The molecule has 1 heterocycles. The molecule has 0 N–H and O–H groups in total. The van der Waals surface area contributed by atoms with E-state index < -0.39 is 0 Å². The van der Waals surface area contributed by atoms with Gasteiger partial charge < -0.3 is 18.9 Å². The van der Waals surface area contributed by atoms with Crippen LogP contribution in [0.25, 0.3) is 68.3 Å². The molecule has 476 valence electrons. The molecule has 7 rings (SSSR count). The number of hydrogen-bond acceptors (Lipinski definition) is 5. The molecule has 0 bridgehead atoms. The van der Waals surface area contributed by atoms with Crippen molar-refractivity contribution in [2.75, 3.05) is 26.4 Å². The van der Waals surface area contributed by atoms with Crippen LogP contribution in [0.3, 0.4) is 0 Å². The van der Waals surface area contributed by atoms with E-state index in [1.54, 1.807) is 0 Å². The fourth-order valence-electron chi connectivity index (χ4n) is 11.5. The van der Waals surface area contributed by atoms with E-state index in [1.807, 2.05) is 12.3 Å². The van der Waals surface area contributed by atoms with Crippen LogP contribution in [-0.2, 0) is 0 Å². The van der Waals surface area contributed by atoms with E-state index in [9.17, 15) is 0 Å². The Balaban J connectivity index is 1.15. The molecule has 0 spiro atoms. The monoisotopic (exact) mass is 1210 g/mol. The number of unbranched alkanes of at least 4 members (excludes halogenated alkanes) is 4. The molecule has 0 saturated heterocycles. The van der Waals surface area contributed by atoms with Crippen molar-refractivity contribution < 1.29 is 18.9 Å². The van der Waals surface area contributed by atoms with Gasteiger partial charge in [-0.25, -0.2) is 0 Å². The predicted octanol–water partition coefficient (Wildman–Crippen LogP) is 24.9. The molecular formula is C85H107NO4. The van der Waals surface area contributed by atoms with Crippen LogP contribution in [0, 0.1) is 23.7 Å². The number of hydrogen-bond donors (Lipinski definition) is 0. The van der Waals surface area contributed by atoms with Gasteiger partial charge in [-0.3, -0.25) is 4.98 Å². The van der Waals surface area contributed by atoms with Crippen molar-refractivity contribution in [3.8, 4) is 67.5 Å². The van der Waals surface area contributed by atoms with Crippen molar-refractivity contribution in [2.24, 2.45) is 23.7 Å². The second-order valence-electron chi connectivity index (χ2n) is 24.8. The Labute approximate surface area is 544 Å². The number of aromatic nitrogens is 1. The van der Waals surface area contributed by atoms with Crippen LogP contribution in [0.4, 0.5) is 0 Å². The van der Waals surface area contributed by atoms with Crippen molar-refractivity contribution in [3.63, 3.8) is 0 Å². The summed E-state index contributed by atoms with van der Waals surface area (Å²) < 4.78 is 25.4. The summed E-state index contributed by atoms with van der Waals surface area (Å²) in [6.07, 6.45) is 36.9.